The molecule has 0 radical (unpaired) electrons. The van der Waals surface area contributed by atoms with Gasteiger partial charge in [-0.1, -0.05) is 0 Å². The van der Waals surface area contributed by atoms with E-state index >= 15 is 0 Å². The van der Waals surface area contributed by atoms with Crippen LogP contribution in [0.5, 0.6) is 17.2 Å². The molecular formula is C25H26F2N4O6. The molecule has 2 aromatic carbocycles. The SMILES string of the molecule is Nc1ccc(F)cc1.Nc1ccc(Oc2ccnc3c2OCCCN3)c(F)c1.O=C(O)C1(C(=O)O)CC1. The third-order valence-electron chi connectivity index (χ3n) is 5.34. The number of ether oxygens (including phenoxy) is 2. The van der Waals surface area contributed by atoms with Gasteiger partial charge in [-0.05, 0) is 55.7 Å². The highest BCUT2D eigenvalue weighted by Gasteiger charge is 2.57. The highest BCUT2D eigenvalue weighted by Crippen LogP contribution is 2.45. The molecule has 1 aliphatic carbocycles. The molecule has 2 heterocycles. The van der Waals surface area contributed by atoms with Gasteiger partial charge < -0.3 is 36.5 Å². The molecule has 0 atom stereocenters. The number of nitrogens with two attached hydrogens (primary N) is 2. The van der Waals surface area contributed by atoms with Crippen LogP contribution in [0.3, 0.4) is 0 Å². The van der Waals surface area contributed by atoms with E-state index in [9.17, 15) is 18.4 Å². The smallest absolute Gasteiger partial charge is 0.321 e. The number of anilines is 3. The van der Waals surface area contributed by atoms with E-state index in [4.69, 9.17) is 31.2 Å². The van der Waals surface area contributed by atoms with Gasteiger partial charge in [-0.15, -0.1) is 0 Å². The number of aliphatic carboxylic acids is 2. The Hall–Kier alpha value is -4.61. The molecule has 196 valence electrons. The Balaban J connectivity index is 0.000000184. The molecule has 1 aromatic heterocycles. The normalized spacial score (nSPS) is 14.4. The van der Waals surface area contributed by atoms with Crippen molar-refractivity contribution in [1.29, 1.82) is 0 Å². The standard InChI is InChI=1S/C14H14FN3O2.C6H6FN.C5H6O4/c15-10-8-9(16)2-3-11(10)20-12-4-6-18-14-13(12)19-7-1-5-17-14;7-5-1-3-6(8)4-2-5;6-3(7)5(1-2-5)4(8)9/h2-4,6,8H,1,5,7,16H2,(H,17,18);1-4H,8H2;1-2H2,(H,6,7)(H,8,9). The summed E-state index contributed by atoms with van der Waals surface area (Å²) >= 11 is 0. The van der Waals surface area contributed by atoms with Crippen molar-refractivity contribution in [3.8, 4) is 17.2 Å². The maximum Gasteiger partial charge on any atom is 0.321 e. The first-order chi connectivity index (χ1) is 17.6. The number of nitrogen functional groups attached to an aromatic ring is 2. The molecule has 0 bridgehead atoms. The van der Waals surface area contributed by atoms with E-state index in [2.05, 4.69) is 10.3 Å². The number of carboxylic acid groups (broad SMARTS) is 2. The van der Waals surface area contributed by atoms with E-state index in [0.29, 0.717) is 35.3 Å². The van der Waals surface area contributed by atoms with Crippen LogP contribution in [-0.2, 0) is 9.59 Å². The lowest BCUT2D eigenvalue weighted by molar-refractivity contribution is -0.156. The molecule has 12 heteroatoms. The van der Waals surface area contributed by atoms with Gasteiger partial charge in [-0.3, -0.25) is 9.59 Å². The average Bonchev–Trinajstić information content (AvgIpc) is 3.69. The highest BCUT2D eigenvalue weighted by atomic mass is 19.1. The Morgan fingerprint density at radius 2 is 1.62 bits per heavy atom. The number of fused-ring (bicyclic) bond motifs is 1. The number of hydrogen-bond acceptors (Lipinski definition) is 8. The Bertz CT molecular complexity index is 1220. The van der Waals surface area contributed by atoms with E-state index in [1.165, 1.54) is 36.4 Å². The number of nitrogens with one attached hydrogen (secondary N) is 1. The average molecular weight is 517 g/mol. The molecule has 10 nitrogen and oxygen atoms in total. The van der Waals surface area contributed by atoms with Gasteiger partial charge in [-0.2, -0.15) is 0 Å². The van der Waals surface area contributed by atoms with Gasteiger partial charge in [-0.25, -0.2) is 13.8 Å². The maximum absolute atomic E-state index is 13.8. The number of carboxylic acids is 2. The van der Waals surface area contributed by atoms with Crippen LogP contribution < -0.4 is 26.3 Å². The first kappa shape index (κ1) is 27.0. The first-order valence-electron chi connectivity index (χ1n) is 11.2. The second-order valence-electron chi connectivity index (χ2n) is 8.15. The Kier molecular flexibility index (Phi) is 8.67. The van der Waals surface area contributed by atoms with Gasteiger partial charge in [0.15, 0.2) is 28.5 Å². The molecule has 3 aromatic rings. The van der Waals surface area contributed by atoms with E-state index in [-0.39, 0.29) is 24.4 Å². The van der Waals surface area contributed by atoms with Crippen LogP contribution in [0.4, 0.5) is 26.0 Å². The van der Waals surface area contributed by atoms with Crippen molar-refractivity contribution in [3.63, 3.8) is 0 Å². The van der Waals surface area contributed by atoms with Gasteiger partial charge in [0.25, 0.3) is 0 Å². The molecule has 5 rings (SSSR count). The zero-order valence-electron chi connectivity index (χ0n) is 19.6. The lowest BCUT2D eigenvalue weighted by Crippen LogP contribution is -2.24. The minimum absolute atomic E-state index is 0.0976. The molecule has 37 heavy (non-hydrogen) atoms. The lowest BCUT2D eigenvalue weighted by atomic mass is 10.1. The van der Waals surface area contributed by atoms with Gasteiger partial charge in [0.2, 0.25) is 5.75 Å². The molecule has 0 amide bonds. The molecule has 0 unspecified atom stereocenters. The molecule has 1 aliphatic heterocycles. The number of aromatic nitrogens is 1. The summed E-state index contributed by atoms with van der Waals surface area (Å²) in [6.45, 7) is 1.34. The van der Waals surface area contributed by atoms with E-state index < -0.39 is 23.2 Å². The molecule has 1 saturated carbocycles. The first-order valence-corrected chi connectivity index (χ1v) is 11.2. The fraction of sp³-hybridized carbons (Fsp3) is 0.240. The summed E-state index contributed by atoms with van der Waals surface area (Å²) in [6.07, 6.45) is 3.01. The molecular weight excluding hydrogens is 490 g/mol. The van der Waals surface area contributed by atoms with Crippen LogP contribution in [0.15, 0.2) is 54.7 Å². The number of nitrogens with zero attached hydrogens (tertiary/aromatic N) is 1. The number of hydrogen-bond donors (Lipinski definition) is 5. The number of benzene rings is 2. The highest BCUT2D eigenvalue weighted by molar-refractivity contribution is 6.01. The number of carbonyl (C=O) groups is 2. The van der Waals surface area contributed by atoms with Gasteiger partial charge >= 0.3 is 11.9 Å². The third-order valence-corrected chi connectivity index (χ3v) is 5.34. The number of pyridine rings is 1. The second-order valence-corrected chi connectivity index (χ2v) is 8.15. The van der Waals surface area contributed by atoms with Crippen molar-refractivity contribution in [1.82, 2.24) is 4.98 Å². The lowest BCUT2D eigenvalue weighted by Gasteiger charge is -2.13. The monoisotopic (exact) mass is 516 g/mol. The molecule has 0 saturated heterocycles. The van der Waals surface area contributed by atoms with Crippen LogP contribution in [0.1, 0.15) is 19.3 Å². The zero-order valence-corrected chi connectivity index (χ0v) is 19.6. The Morgan fingerprint density at radius 1 is 0.973 bits per heavy atom. The van der Waals surface area contributed by atoms with Crippen LogP contribution in [0.2, 0.25) is 0 Å². The van der Waals surface area contributed by atoms with Gasteiger partial charge in [0, 0.05) is 36.2 Å². The Morgan fingerprint density at radius 3 is 2.16 bits per heavy atom. The predicted molar refractivity (Wildman–Crippen MR) is 131 cm³/mol. The second kappa shape index (κ2) is 11.9. The largest absolute Gasteiger partial charge is 0.486 e. The van der Waals surface area contributed by atoms with E-state index in [1.807, 2.05) is 0 Å². The molecule has 2 aliphatic rings. The maximum atomic E-state index is 13.8. The van der Waals surface area contributed by atoms with Gasteiger partial charge in [0.05, 0.1) is 6.61 Å². The summed E-state index contributed by atoms with van der Waals surface area (Å²) in [7, 11) is 0. The third kappa shape index (κ3) is 7.19. The minimum atomic E-state index is -1.42. The Labute approximate surface area is 210 Å². The van der Waals surface area contributed by atoms with Crippen LogP contribution >= 0.6 is 0 Å². The van der Waals surface area contributed by atoms with Crippen molar-refractivity contribution in [2.24, 2.45) is 5.41 Å². The van der Waals surface area contributed by atoms with Gasteiger partial charge in [0.1, 0.15) is 5.82 Å². The van der Waals surface area contributed by atoms with Crippen molar-refractivity contribution >= 4 is 29.1 Å². The van der Waals surface area contributed by atoms with Crippen LogP contribution in [-0.4, -0.2) is 40.3 Å². The summed E-state index contributed by atoms with van der Waals surface area (Å²) in [6, 6.07) is 11.6. The van der Waals surface area contributed by atoms with Crippen molar-refractivity contribution in [2.45, 2.75) is 19.3 Å². The van der Waals surface area contributed by atoms with Crippen molar-refractivity contribution in [3.05, 3.63) is 66.4 Å². The summed E-state index contributed by atoms with van der Waals surface area (Å²) in [5.74, 6) is -1.56. The van der Waals surface area contributed by atoms with Crippen molar-refractivity contribution < 1.29 is 38.1 Å². The van der Waals surface area contributed by atoms with Crippen molar-refractivity contribution in [2.75, 3.05) is 29.9 Å². The summed E-state index contributed by atoms with van der Waals surface area (Å²) in [5, 5.41) is 19.7. The molecule has 1 fully saturated rings. The quantitative estimate of drug-likeness (QED) is 0.251. The fourth-order valence-corrected chi connectivity index (χ4v) is 3.05. The summed E-state index contributed by atoms with van der Waals surface area (Å²) < 4.78 is 37.0. The van der Waals surface area contributed by atoms with E-state index in [1.54, 1.807) is 18.3 Å². The predicted octanol–water partition coefficient (Wildman–Crippen LogP) is 4.13. The summed E-state index contributed by atoms with van der Waals surface area (Å²) in [5.41, 5.74) is 10.3. The molecule has 7 N–H and O–H groups in total. The number of rotatable bonds is 4. The summed E-state index contributed by atoms with van der Waals surface area (Å²) in [4.78, 5) is 24.5. The van der Waals surface area contributed by atoms with E-state index in [0.717, 1.165) is 13.0 Å². The minimum Gasteiger partial charge on any atom is -0.486 e. The fourth-order valence-electron chi connectivity index (χ4n) is 3.05. The zero-order chi connectivity index (χ0) is 27.0. The van der Waals surface area contributed by atoms with Crippen LogP contribution in [0.25, 0.3) is 0 Å². The topological polar surface area (TPSA) is 170 Å². The van der Waals surface area contributed by atoms with Crippen LogP contribution in [0, 0.1) is 17.0 Å². The number of halogens is 2. The molecule has 0 spiro atoms.